The van der Waals surface area contributed by atoms with E-state index in [2.05, 4.69) is 4.74 Å². The summed E-state index contributed by atoms with van der Waals surface area (Å²) in [6.45, 7) is 1.78. The smallest absolute Gasteiger partial charge is 0.331 e. The third-order valence-electron chi connectivity index (χ3n) is 1.81. The van der Waals surface area contributed by atoms with Gasteiger partial charge >= 0.3 is 5.97 Å². The third-order valence-corrected chi connectivity index (χ3v) is 3.24. The predicted molar refractivity (Wildman–Crippen MR) is 59.4 cm³/mol. The van der Waals surface area contributed by atoms with Crippen LogP contribution in [0.4, 0.5) is 4.39 Å². The molecule has 1 aromatic carbocycles. The molecule has 4 nitrogen and oxygen atoms in total. The molecular weight excluding hydrogens is 247 g/mol. The lowest BCUT2D eigenvalue weighted by atomic mass is 10.4. The van der Waals surface area contributed by atoms with Crippen LogP contribution in [0.15, 0.2) is 40.6 Å². The Kier molecular flexibility index (Phi) is 4.39. The molecule has 0 fully saturated rings. The van der Waals surface area contributed by atoms with Gasteiger partial charge in [-0.05, 0) is 31.2 Å². The van der Waals surface area contributed by atoms with Crippen molar-refractivity contribution in [2.24, 2.45) is 0 Å². The second-order valence-corrected chi connectivity index (χ2v) is 4.89. The van der Waals surface area contributed by atoms with Crippen LogP contribution in [0.3, 0.4) is 0 Å². The molecule has 0 saturated heterocycles. The SMILES string of the molecule is CCOC(=O)/C=C\S(=O)(=O)c1ccc(F)cc1. The van der Waals surface area contributed by atoms with Crippen LogP contribution in [0.1, 0.15) is 6.92 Å². The van der Waals surface area contributed by atoms with Crippen molar-refractivity contribution in [3.63, 3.8) is 0 Å². The minimum absolute atomic E-state index is 0.0838. The Hall–Kier alpha value is -1.69. The first kappa shape index (κ1) is 13.4. The molecule has 0 saturated carbocycles. The topological polar surface area (TPSA) is 60.4 Å². The van der Waals surface area contributed by atoms with Gasteiger partial charge in [0.05, 0.1) is 11.5 Å². The van der Waals surface area contributed by atoms with Gasteiger partial charge in [0.15, 0.2) is 9.84 Å². The van der Waals surface area contributed by atoms with E-state index in [1.54, 1.807) is 6.92 Å². The van der Waals surface area contributed by atoms with Crippen molar-refractivity contribution in [1.29, 1.82) is 0 Å². The van der Waals surface area contributed by atoms with Gasteiger partial charge < -0.3 is 4.74 Å². The number of carbonyl (C=O) groups is 1. The van der Waals surface area contributed by atoms with Crippen LogP contribution in [-0.2, 0) is 19.4 Å². The molecule has 6 heteroatoms. The van der Waals surface area contributed by atoms with E-state index < -0.39 is 21.6 Å². The van der Waals surface area contributed by atoms with Crippen molar-refractivity contribution in [2.45, 2.75) is 11.8 Å². The van der Waals surface area contributed by atoms with E-state index in [4.69, 9.17) is 0 Å². The van der Waals surface area contributed by atoms with Crippen molar-refractivity contribution in [2.75, 3.05) is 6.61 Å². The van der Waals surface area contributed by atoms with Crippen LogP contribution < -0.4 is 0 Å². The first-order valence-corrected chi connectivity index (χ1v) is 6.36. The van der Waals surface area contributed by atoms with Gasteiger partial charge in [-0.3, -0.25) is 0 Å². The molecule has 0 spiro atoms. The summed E-state index contributed by atoms with van der Waals surface area (Å²) in [6.07, 6.45) is 0.822. The van der Waals surface area contributed by atoms with Crippen molar-refractivity contribution in [3.8, 4) is 0 Å². The summed E-state index contributed by atoms with van der Waals surface area (Å²) >= 11 is 0. The molecule has 92 valence electrons. The maximum atomic E-state index is 12.6. The van der Waals surface area contributed by atoms with Gasteiger partial charge in [-0.25, -0.2) is 17.6 Å². The van der Waals surface area contributed by atoms with Crippen molar-refractivity contribution in [3.05, 3.63) is 41.6 Å². The zero-order chi connectivity index (χ0) is 12.9. The summed E-state index contributed by atoms with van der Waals surface area (Å²) in [6, 6.07) is 4.32. The lowest BCUT2D eigenvalue weighted by Crippen LogP contribution is -2.02. The summed E-state index contributed by atoms with van der Waals surface area (Å²) in [5, 5.41) is 0.734. The van der Waals surface area contributed by atoms with E-state index in [0.717, 1.165) is 35.7 Å². The largest absolute Gasteiger partial charge is 0.463 e. The van der Waals surface area contributed by atoms with Crippen molar-refractivity contribution in [1.82, 2.24) is 0 Å². The monoisotopic (exact) mass is 258 g/mol. The molecule has 0 aliphatic rings. The summed E-state index contributed by atoms with van der Waals surface area (Å²) < 4.78 is 40.4. The molecule has 17 heavy (non-hydrogen) atoms. The first-order valence-electron chi connectivity index (χ1n) is 4.81. The second-order valence-electron chi connectivity index (χ2n) is 3.05. The predicted octanol–water partition coefficient (Wildman–Crippen LogP) is 1.68. The number of hydrogen-bond donors (Lipinski definition) is 0. The lowest BCUT2D eigenvalue weighted by molar-refractivity contribution is -0.137. The van der Waals surface area contributed by atoms with Crippen LogP contribution in [0.5, 0.6) is 0 Å². The number of benzene rings is 1. The fraction of sp³-hybridized carbons (Fsp3) is 0.182. The number of hydrogen-bond acceptors (Lipinski definition) is 4. The quantitative estimate of drug-likeness (QED) is 0.468. The van der Waals surface area contributed by atoms with E-state index >= 15 is 0 Å². The Morgan fingerprint density at radius 2 is 1.94 bits per heavy atom. The van der Waals surface area contributed by atoms with Gasteiger partial charge in [0.1, 0.15) is 5.82 Å². The number of sulfone groups is 1. The van der Waals surface area contributed by atoms with Crippen LogP contribution in [0, 0.1) is 5.82 Å². The molecule has 0 N–H and O–H groups in total. The molecule has 0 aliphatic heterocycles. The highest BCUT2D eigenvalue weighted by Gasteiger charge is 2.10. The zero-order valence-corrected chi connectivity index (χ0v) is 9.91. The molecule has 0 radical (unpaired) electrons. The highest BCUT2D eigenvalue weighted by molar-refractivity contribution is 7.94. The Morgan fingerprint density at radius 1 is 1.35 bits per heavy atom. The standard InChI is InChI=1S/C11H11FO4S/c1-2-16-11(13)7-8-17(14,15)10-5-3-9(12)4-6-10/h3-8H,2H2,1H3/b8-7-. The molecule has 0 aliphatic carbocycles. The van der Waals surface area contributed by atoms with Crippen LogP contribution in [-0.4, -0.2) is 21.0 Å². The normalized spacial score (nSPS) is 11.6. The molecule has 0 atom stereocenters. The molecule has 1 rings (SSSR count). The summed E-state index contributed by atoms with van der Waals surface area (Å²) in [4.78, 5) is 10.9. The number of carbonyl (C=O) groups excluding carboxylic acids is 1. The lowest BCUT2D eigenvalue weighted by Gasteiger charge is -1.98. The minimum Gasteiger partial charge on any atom is -0.463 e. The Balaban J connectivity index is 2.89. The number of halogens is 1. The zero-order valence-electron chi connectivity index (χ0n) is 9.09. The molecule has 0 aromatic heterocycles. The van der Waals surface area contributed by atoms with Crippen LogP contribution in [0.2, 0.25) is 0 Å². The van der Waals surface area contributed by atoms with Gasteiger partial charge in [-0.2, -0.15) is 0 Å². The molecule has 0 amide bonds. The van der Waals surface area contributed by atoms with E-state index in [9.17, 15) is 17.6 Å². The molecule has 0 bridgehead atoms. The molecular formula is C11H11FO4S. The van der Waals surface area contributed by atoms with E-state index in [-0.39, 0.29) is 11.5 Å². The fourth-order valence-corrected chi connectivity index (χ4v) is 2.00. The Morgan fingerprint density at radius 3 is 2.47 bits per heavy atom. The molecule has 1 aromatic rings. The number of ether oxygens (including phenoxy) is 1. The Bertz CT molecular complexity index is 517. The van der Waals surface area contributed by atoms with E-state index in [0.29, 0.717) is 0 Å². The highest BCUT2D eigenvalue weighted by Crippen LogP contribution is 2.12. The van der Waals surface area contributed by atoms with Crippen LogP contribution in [0.25, 0.3) is 0 Å². The van der Waals surface area contributed by atoms with Gasteiger partial charge in [-0.15, -0.1) is 0 Å². The van der Waals surface area contributed by atoms with Crippen molar-refractivity contribution < 1.29 is 22.3 Å². The Labute approximate surface area is 98.6 Å². The number of rotatable bonds is 4. The van der Waals surface area contributed by atoms with Gasteiger partial charge in [0.2, 0.25) is 0 Å². The average Bonchev–Trinajstić information content (AvgIpc) is 2.28. The molecule has 0 heterocycles. The van der Waals surface area contributed by atoms with E-state index in [1.807, 2.05) is 0 Å². The summed E-state index contributed by atoms with van der Waals surface area (Å²) in [5.41, 5.74) is 0. The van der Waals surface area contributed by atoms with Crippen LogP contribution >= 0.6 is 0 Å². The minimum atomic E-state index is -3.74. The van der Waals surface area contributed by atoms with Gasteiger partial charge in [0, 0.05) is 11.5 Å². The fourth-order valence-electron chi connectivity index (χ4n) is 1.04. The second kappa shape index (κ2) is 5.58. The average molecular weight is 258 g/mol. The summed E-state index contributed by atoms with van der Waals surface area (Å²) in [7, 11) is -3.74. The summed E-state index contributed by atoms with van der Waals surface area (Å²) in [5.74, 6) is -1.27. The molecule has 0 unspecified atom stereocenters. The van der Waals surface area contributed by atoms with Gasteiger partial charge in [-0.1, -0.05) is 0 Å². The number of esters is 1. The third kappa shape index (κ3) is 3.99. The van der Waals surface area contributed by atoms with Gasteiger partial charge in [0.25, 0.3) is 0 Å². The first-order chi connectivity index (χ1) is 7.95. The van der Waals surface area contributed by atoms with Crippen molar-refractivity contribution >= 4 is 15.8 Å². The maximum absolute atomic E-state index is 12.6. The maximum Gasteiger partial charge on any atom is 0.331 e. The van der Waals surface area contributed by atoms with E-state index in [1.165, 1.54) is 0 Å². The highest BCUT2D eigenvalue weighted by atomic mass is 32.2.